The van der Waals surface area contributed by atoms with Crippen molar-refractivity contribution in [2.75, 3.05) is 24.7 Å². The molecule has 0 aliphatic carbocycles. The third-order valence-electron chi connectivity index (χ3n) is 3.64. The predicted octanol–water partition coefficient (Wildman–Crippen LogP) is 4.88. The summed E-state index contributed by atoms with van der Waals surface area (Å²) in [6.07, 6.45) is 0.356. The molecule has 4 nitrogen and oxygen atoms in total. The number of halogens is 2. The second-order valence-corrected chi connectivity index (χ2v) is 7.79. The summed E-state index contributed by atoms with van der Waals surface area (Å²) in [5.74, 6) is 0.219. The minimum absolute atomic E-state index is 0.0599. The minimum atomic E-state index is -0.345. The summed E-state index contributed by atoms with van der Waals surface area (Å²) >= 11 is 13.7. The van der Waals surface area contributed by atoms with Crippen LogP contribution in [0.2, 0.25) is 10.0 Å². The third kappa shape index (κ3) is 6.24. The molecule has 0 saturated carbocycles. The van der Waals surface area contributed by atoms with Crippen molar-refractivity contribution >= 4 is 52.5 Å². The van der Waals surface area contributed by atoms with E-state index in [1.165, 1.54) is 10.5 Å². The lowest BCUT2D eigenvalue weighted by Crippen LogP contribution is -2.35. The quantitative estimate of drug-likeness (QED) is 0.661. The molecule has 0 bridgehead atoms. The smallest absolute Gasteiger partial charge is 0.244 e. The molecule has 0 aliphatic heterocycles. The van der Waals surface area contributed by atoms with Crippen molar-refractivity contribution in [2.45, 2.75) is 18.2 Å². The fraction of sp³-hybridized carbons (Fsp3) is 0.263. The van der Waals surface area contributed by atoms with Gasteiger partial charge in [-0.2, -0.15) is 0 Å². The number of likely N-dealkylation sites (N-methyl/N-ethyl adjacent to an activating group) is 1. The molecule has 2 aromatic carbocycles. The maximum atomic E-state index is 12.2. The van der Waals surface area contributed by atoms with Crippen molar-refractivity contribution in [1.29, 1.82) is 0 Å². The number of rotatable bonds is 7. The van der Waals surface area contributed by atoms with Crippen LogP contribution in [0.5, 0.6) is 0 Å². The van der Waals surface area contributed by atoms with Crippen molar-refractivity contribution in [3.63, 3.8) is 0 Å². The van der Waals surface area contributed by atoms with Crippen molar-refractivity contribution in [3.05, 3.63) is 58.1 Å². The molecule has 0 aliphatic rings. The molecule has 0 unspecified atom stereocenters. The number of hydrogen-bond acceptors (Lipinski definition) is 3. The van der Waals surface area contributed by atoms with E-state index in [1.807, 2.05) is 31.2 Å². The van der Waals surface area contributed by atoms with Gasteiger partial charge in [0.2, 0.25) is 11.8 Å². The Balaban J connectivity index is 1.79. The van der Waals surface area contributed by atoms with Crippen molar-refractivity contribution in [2.24, 2.45) is 0 Å². The zero-order chi connectivity index (χ0) is 19.1. The van der Waals surface area contributed by atoms with E-state index < -0.39 is 0 Å². The van der Waals surface area contributed by atoms with Gasteiger partial charge >= 0.3 is 0 Å². The van der Waals surface area contributed by atoms with Crippen LogP contribution in [0.3, 0.4) is 0 Å². The lowest BCUT2D eigenvalue weighted by atomic mass is 10.2. The highest BCUT2D eigenvalue weighted by atomic mass is 35.5. The van der Waals surface area contributed by atoms with Crippen LogP contribution in [0, 0.1) is 6.92 Å². The van der Waals surface area contributed by atoms with Gasteiger partial charge in [-0.25, -0.2) is 0 Å². The SMILES string of the molecule is Cc1ccc(SCCC(=O)N(C)CC(=O)Nc2c(Cl)cccc2Cl)cc1. The Morgan fingerprint density at radius 3 is 2.31 bits per heavy atom. The normalized spacial score (nSPS) is 10.5. The molecule has 0 fully saturated rings. The first-order valence-corrected chi connectivity index (χ1v) is 9.78. The summed E-state index contributed by atoms with van der Waals surface area (Å²) < 4.78 is 0. The molecule has 0 heterocycles. The van der Waals surface area contributed by atoms with Crippen LogP contribution in [0.4, 0.5) is 5.69 Å². The molecule has 26 heavy (non-hydrogen) atoms. The first kappa shape index (κ1) is 20.6. The molecule has 0 spiro atoms. The van der Waals surface area contributed by atoms with E-state index >= 15 is 0 Å². The summed E-state index contributed by atoms with van der Waals surface area (Å²) in [6, 6.07) is 13.1. The maximum Gasteiger partial charge on any atom is 0.244 e. The Kier molecular flexibility index (Phi) is 7.82. The second kappa shape index (κ2) is 9.86. The number of para-hydroxylation sites is 1. The average molecular weight is 411 g/mol. The summed E-state index contributed by atoms with van der Waals surface area (Å²) in [4.78, 5) is 26.8. The van der Waals surface area contributed by atoms with Gasteiger partial charge in [0.15, 0.2) is 0 Å². The van der Waals surface area contributed by atoms with Crippen LogP contribution in [-0.2, 0) is 9.59 Å². The Morgan fingerprint density at radius 1 is 1.08 bits per heavy atom. The van der Waals surface area contributed by atoms with E-state index in [9.17, 15) is 9.59 Å². The van der Waals surface area contributed by atoms with Crippen molar-refractivity contribution in [1.82, 2.24) is 4.90 Å². The number of nitrogens with zero attached hydrogens (tertiary/aromatic N) is 1. The van der Waals surface area contributed by atoms with E-state index in [0.29, 0.717) is 27.9 Å². The molecule has 0 atom stereocenters. The van der Waals surface area contributed by atoms with E-state index in [0.717, 1.165) is 4.90 Å². The molecule has 0 radical (unpaired) electrons. The van der Waals surface area contributed by atoms with Crippen molar-refractivity contribution in [3.8, 4) is 0 Å². The monoisotopic (exact) mass is 410 g/mol. The maximum absolute atomic E-state index is 12.2. The summed E-state index contributed by atoms with van der Waals surface area (Å²) in [5.41, 5.74) is 1.56. The molecular formula is C19H20Cl2N2O2S. The zero-order valence-electron chi connectivity index (χ0n) is 14.6. The number of aryl methyl sites for hydroxylation is 1. The Hall–Kier alpha value is -1.69. The van der Waals surface area contributed by atoms with Gasteiger partial charge in [-0.15, -0.1) is 11.8 Å². The first-order chi connectivity index (χ1) is 12.4. The number of hydrogen-bond donors (Lipinski definition) is 1. The molecule has 1 N–H and O–H groups in total. The van der Waals surface area contributed by atoms with Gasteiger partial charge in [-0.1, -0.05) is 47.0 Å². The van der Waals surface area contributed by atoms with Gasteiger partial charge in [0.1, 0.15) is 0 Å². The van der Waals surface area contributed by atoms with Gasteiger partial charge in [-0.3, -0.25) is 9.59 Å². The summed E-state index contributed by atoms with van der Waals surface area (Å²) in [5, 5.41) is 3.36. The summed E-state index contributed by atoms with van der Waals surface area (Å²) in [7, 11) is 1.60. The van der Waals surface area contributed by atoms with E-state index in [4.69, 9.17) is 23.2 Å². The number of benzene rings is 2. The topological polar surface area (TPSA) is 49.4 Å². The van der Waals surface area contributed by atoms with Crippen LogP contribution >= 0.6 is 35.0 Å². The third-order valence-corrected chi connectivity index (χ3v) is 5.28. The second-order valence-electron chi connectivity index (χ2n) is 5.81. The van der Waals surface area contributed by atoms with Gasteiger partial charge in [0.25, 0.3) is 0 Å². The van der Waals surface area contributed by atoms with Crippen LogP contribution in [-0.4, -0.2) is 36.1 Å². The lowest BCUT2D eigenvalue weighted by Gasteiger charge is -2.17. The fourth-order valence-corrected chi connectivity index (χ4v) is 3.51. The molecule has 138 valence electrons. The molecule has 2 amide bonds. The van der Waals surface area contributed by atoms with Crippen LogP contribution < -0.4 is 5.32 Å². The number of amides is 2. The van der Waals surface area contributed by atoms with Crippen LogP contribution in [0.25, 0.3) is 0 Å². The van der Waals surface area contributed by atoms with Gasteiger partial charge in [0.05, 0.1) is 22.3 Å². The number of nitrogens with one attached hydrogen (secondary N) is 1. The number of anilines is 1. The van der Waals surface area contributed by atoms with Gasteiger partial charge in [-0.05, 0) is 31.2 Å². The lowest BCUT2D eigenvalue weighted by molar-refractivity contribution is -0.132. The van der Waals surface area contributed by atoms with E-state index in [-0.39, 0.29) is 18.4 Å². The number of carbonyl (C=O) groups is 2. The minimum Gasteiger partial charge on any atom is -0.336 e. The highest BCUT2D eigenvalue weighted by Crippen LogP contribution is 2.29. The standard InChI is InChI=1S/C19H20Cl2N2O2S/c1-13-6-8-14(9-7-13)26-11-10-18(25)23(2)12-17(24)22-19-15(20)4-3-5-16(19)21/h3-9H,10-12H2,1-2H3,(H,22,24). The van der Waals surface area contributed by atoms with Gasteiger partial charge < -0.3 is 10.2 Å². The van der Waals surface area contributed by atoms with E-state index in [2.05, 4.69) is 5.32 Å². The van der Waals surface area contributed by atoms with Gasteiger partial charge in [0, 0.05) is 24.1 Å². The van der Waals surface area contributed by atoms with E-state index in [1.54, 1.807) is 37.0 Å². The summed E-state index contributed by atoms with van der Waals surface area (Å²) in [6.45, 7) is 1.98. The average Bonchev–Trinajstić information content (AvgIpc) is 2.60. The molecule has 0 saturated heterocycles. The molecular weight excluding hydrogens is 391 g/mol. The molecule has 0 aromatic heterocycles. The first-order valence-electron chi connectivity index (χ1n) is 8.04. The molecule has 7 heteroatoms. The Labute approximate surface area is 167 Å². The largest absolute Gasteiger partial charge is 0.336 e. The number of carbonyl (C=O) groups excluding carboxylic acids is 2. The Morgan fingerprint density at radius 2 is 1.69 bits per heavy atom. The van der Waals surface area contributed by atoms with Crippen LogP contribution in [0.1, 0.15) is 12.0 Å². The number of thioether (sulfide) groups is 1. The highest BCUT2D eigenvalue weighted by Gasteiger charge is 2.15. The highest BCUT2D eigenvalue weighted by molar-refractivity contribution is 7.99. The molecule has 2 rings (SSSR count). The fourth-order valence-electron chi connectivity index (χ4n) is 2.18. The molecule has 2 aromatic rings. The Bertz CT molecular complexity index is 761. The predicted molar refractivity (Wildman–Crippen MR) is 109 cm³/mol. The zero-order valence-corrected chi connectivity index (χ0v) is 16.9. The van der Waals surface area contributed by atoms with Crippen molar-refractivity contribution < 1.29 is 9.59 Å². The van der Waals surface area contributed by atoms with Crippen LogP contribution in [0.15, 0.2) is 47.4 Å².